The molecule has 0 spiro atoms. The van der Waals surface area contributed by atoms with Crippen molar-refractivity contribution in [1.29, 1.82) is 0 Å². The largest absolute Gasteiger partial charge is 0.481 e. The van der Waals surface area contributed by atoms with Gasteiger partial charge in [0.2, 0.25) is 0 Å². The third kappa shape index (κ3) is 3.13. The van der Waals surface area contributed by atoms with E-state index in [0.717, 1.165) is 18.6 Å². The lowest BCUT2D eigenvalue weighted by Crippen LogP contribution is -2.21. The molecule has 3 nitrogen and oxygen atoms in total. The van der Waals surface area contributed by atoms with Gasteiger partial charge < -0.3 is 5.11 Å². The van der Waals surface area contributed by atoms with E-state index < -0.39 is 11.9 Å². The average molecular weight is 197 g/mol. The van der Waals surface area contributed by atoms with Crippen molar-refractivity contribution in [3.05, 3.63) is 0 Å². The molecule has 1 aliphatic rings. The SMILES string of the molecule is CC(=NC1CCCCC1)C(C)C(=O)O. The smallest absolute Gasteiger partial charge is 0.311 e. The third-order valence-electron chi connectivity index (χ3n) is 2.96. The highest BCUT2D eigenvalue weighted by molar-refractivity contribution is 5.99. The summed E-state index contributed by atoms with van der Waals surface area (Å²) < 4.78 is 0. The van der Waals surface area contributed by atoms with Gasteiger partial charge in [-0.25, -0.2) is 0 Å². The van der Waals surface area contributed by atoms with Gasteiger partial charge in [-0.2, -0.15) is 0 Å². The first kappa shape index (κ1) is 11.2. The van der Waals surface area contributed by atoms with Gasteiger partial charge in [-0.15, -0.1) is 0 Å². The molecule has 0 radical (unpaired) electrons. The summed E-state index contributed by atoms with van der Waals surface area (Å²) in [4.78, 5) is 15.2. The Labute approximate surface area is 85.2 Å². The van der Waals surface area contributed by atoms with E-state index in [0.29, 0.717) is 6.04 Å². The molecular formula is C11H19NO2. The Balaban J connectivity index is 2.52. The van der Waals surface area contributed by atoms with Crippen molar-refractivity contribution in [2.45, 2.75) is 52.0 Å². The molecule has 1 aliphatic carbocycles. The Kier molecular flexibility index (Phi) is 4.11. The van der Waals surface area contributed by atoms with E-state index >= 15 is 0 Å². The zero-order chi connectivity index (χ0) is 10.6. The number of aliphatic carboxylic acids is 1. The van der Waals surface area contributed by atoms with Crippen LogP contribution in [0.15, 0.2) is 4.99 Å². The van der Waals surface area contributed by atoms with Gasteiger partial charge in [0.15, 0.2) is 0 Å². The fourth-order valence-corrected chi connectivity index (χ4v) is 1.79. The molecule has 1 unspecified atom stereocenters. The molecule has 0 aromatic carbocycles. The first-order valence-corrected chi connectivity index (χ1v) is 5.38. The minimum absolute atomic E-state index is 0.380. The van der Waals surface area contributed by atoms with Gasteiger partial charge in [0.25, 0.3) is 0 Å². The van der Waals surface area contributed by atoms with Crippen molar-refractivity contribution in [3.63, 3.8) is 0 Å². The normalized spacial score (nSPS) is 22.0. The topological polar surface area (TPSA) is 49.7 Å². The number of carboxylic acids is 1. The molecule has 0 aliphatic heterocycles. The maximum Gasteiger partial charge on any atom is 0.311 e. The van der Waals surface area contributed by atoms with E-state index in [9.17, 15) is 4.79 Å². The highest BCUT2D eigenvalue weighted by Crippen LogP contribution is 2.21. The Hall–Kier alpha value is -0.860. The maximum absolute atomic E-state index is 10.7. The van der Waals surface area contributed by atoms with Crippen LogP contribution in [-0.4, -0.2) is 22.8 Å². The van der Waals surface area contributed by atoms with E-state index in [1.807, 2.05) is 6.92 Å². The van der Waals surface area contributed by atoms with E-state index in [4.69, 9.17) is 5.11 Å². The molecule has 0 amide bonds. The molecule has 0 bridgehead atoms. The van der Waals surface area contributed by atoms with Crippen LogP contribution in [0.3, 0.4) is 0 Å². The van der Waals surface area contributed by atoms with Gasteiger partial charge in [0, 0.05) is 11.8 Å². The Morgan fingerprint density at radius 3 is 2.43 bits per heavy atom. The molecule has 0 aromatic rings. The number of aliphatic imine (C=N–C) groups is 1. The molecule has 1 saturated carbocycles. The van der Waals surface area contributed by atoms with Gasteiger partial charge in [0.1, 0.15) is 0 Å². The van der Waals surface area contributed by atoms with Crippen LogP contribution in [0.5, 0.6) is 0 Å². The number of rotatable bonds is 3. The molecule has 1 rings (SSSR count). The molecule has 0 aromatic heterocycles. The number of nitrogens with zero attached hydrogens (tertiary/aromatic N) is 1. The van der Waals surface area contributed by atoms with E-state index in [1.54, 1.807) is 6.92 Å². The van der Waals surface area contributed by atoms with E-state index in [-0.39, 0.29) is 0 Å². The van der Waals surface area contributed by atoms with Crippen LogP contribution in [0.1, 0.15) is 46.0 Å². The molecule has 0 saturated heterocycles. The van der Waals surface area contributed by atoms with Gasteiger partial charge in [0.05, 0.1) is 5.92 Å². The van der Waals surface area contributed by atoms with Gasteiger partial charge in [-0.05, 0) is 26.7 Å². The van der Waals surface area contributed by atoms with Crippen LogP contribution in [0.25, 0.3) is 0 Å². The highest BCUT2D eigenvalue weighted by atomic mass is 16.4. The first-order chi connectivity index (χ1) is 6.61. The second kappa shape index (κ2) is 5.13. The van der Waals surface area contributed by atoms with Crippen LogP contribution in [0, 0.1) is 5.92 Å². The van der Waals surface area contributed by atoms with Gasteiger partial charge >= 0.3 is 5.97 Å². The standard InChI is InChI=1S/C11H19NO2/c1-8(11(13)14)9(2)12-10-6-4-3-5-7-10/h8,10H,3-7H2,1-2H3,(H,13,14). The minimum atomic E-state index is -0.776. The van der Waals surface area contributed by atoms with Gasteiger partial charge in [-0.3, -0.25) is 9.79 Å². The van der Waals surface area contributed by atoms with E-state index in [2.05, 4.69) is 4.99 Å². The summed E-state index contributed by atoms with van der Waals surface area (Å²) in [7, 11) is 0. The summed E-state index contributed by atoms with van der Waals surface area (Å²) in [6.07, 6.45) is 6.04. The lowest BCUT2D eigenvalue weighted by Gasteiger charge is -2.19. The number of hydrogen-bond donors (Lipinski definition) is 1. The van der Waals surface area contributed by atoms with Crippen molar-refractivity contribution in [1.82, 2.24) is 0 Å². The van der Waals surface area contributed by atoms with Crippen molar-refractivity contribution in [2.24, 2.45) is 10.9 Å². The Bertz CT molecular complexity index is 229. The summed E-state index contributed by atoms with van der Waals surface area (Å²) in [6.45, 7) is 3.53. The molecule has 1 fully saturated rings. The third-order valence-corrected chi connectivity index (χ3v) is 2.96. The number of carbonyl (C=O) groups is 1. The predicted molar refractivity (Wildman–Crippen MR) is 56.8 cm³/mol. The summed E-state index contributed by atoms with van der Waals surface area (Å²) in [5.41, 5.74) is 0.768. The van der Waals surface area contributed by atoms with Crippen molar-refractivity contribution >= 4 is 11.7 Å². The second-order valence-corrected chi connectivity index (χ2v) is 4.12. The molecule has 3 heteroatoms. The summed E-state index contributed by atoms with van der Waals surface area (Å²) >= 11 is 0. The Morgan fingerprint density at radius 2 is 1.93 bits per heavy atom. The predicted octanol–water partition coefficient (Wildman–Crippen LogP) is 2.50. The summed E-state index contributed by atoms with van der Waals surface area (Å²) in [5, 5.41) is 8.80. The summed E-state index contributed by atoms with van der Waals surface area (Å²) in [6, 6.07) is 0.380. The van der Waals surface area contributed by atoms with Crippen LogP contribution < -0.4 is 0 Å². The maximum atomic E-state index is 10.7. The second-order valence-electron chi connectivity index (χ2n) is 4.12. The van der Waals surface area contributed by atoms with Crippen LogP contribution in [0.2, 0.25) is 0 Å². The Morgan fingerprint density at radius 1 is 1.36 bits per heavy atom. The van der Waals surface area contributed by atoms with Crippen LogP contribution >= 0.6 is 0 Å². The lowest BCUT2D eigenvalue weighted by molar-refractivity contribution is -0.138. The monoisotopic (exact) mass is 197 g/mol. The molecule has 80 valence electrons. The van der Waals surface area contributed by atoms with Crippen LogP contribution in [0.4, 0.5) is 0 Å². The lowest BCUT2D eigenvalue weighted by atomic mass is 9.95. The van der Waals surface area contributed by atoms with Crippen molar-refractivity contribution in [2.75, 3.05) is 0 Å². The molecular weight excluding hydrogens is 178 g/mol. The van der Waals surface area contributed by atoms with Crippen molar-refractivity contribution < 1.29 is 9.90 Å². The molecule has 1 atom stereocenters. The quantitative estimate of drug-likeness (QED) is 0.707. The fraction of sp³-hybridized carbons (Fsp3) is 0.818. The number of hydrogen-bond acceptors (Lipinski definition) is 2. The fourth-order valence-electron chi connectivity index (χ4n) is 1.79. The van der Waals surface area contributed by atoms with Crippen LogP contribution in [-0.2, 0) is 4.79 Å². The average Bonchev–Trinajstić information content (AvgIpc) is 2.18. The van der Waals surface area contributed by atoms with E-state index in [1.165, 1.54) is 19.3 Å². The molecule has 0 heterocycles. The number of carboxylic acid groups (broad SMARTS) is 1. The highest BCUT2D eigenvalue weighted by Gasteiger charge is 2.17. The molecule has 1 N–H and O–H groups in total. The first-order valence-electron chi connectivity index (χ1n) is 5.38. The summed E-state index contributed by atoms with van der Waals surface area (Å²) in [5.74, 6) is -1.21. The minimum Gasteiger partial charge on any atom is -0.481 e. The molecule has 14 heavy (non-hydrogen) atoms. The zero-order valence-electron chi connectivity index (χ0n) is 8.99. The van der Waals surface area contributed by atoms with Gasteiger partial charge in [-0.1, -0.05) is 19.3 Å². The zero-order valence-corrected chi connectivity index (χ0v) is 8.99. The van der Waals surface area contributed by atoms with Crippen molar-refractivity contribution in [3.8, 4) is 0 Å².